The molecule has 0 aliphatic heterocycles. The molecule has 1 amide bonds. The quantitative estimate of drug-likeness (QED) is 0.425. The Hall–Kier alpha value is -3.07. The molecule has 0 spiro atoms. The van der Waals surface area contributed by atoms with Crippen molar-refractivity contribution in [2.75, 3.05) is 32.0 Å². The summed E-state index contributed by atoms with van der Waals surface area (Å²) in [6.45, 7) is 2.73. The van der Waals surface area contributed by atoms with Crippen LogP contribution in [0.25, 0.3) is 0 Å². The van der Waals surface area contributed by atoms with E-state index in [1.807, 2.05) is 56.3 Å². The molecule has 34 heavy (non-hydrogen) atoms. The van der Waals surface area contributed by atoms with Crippen LogP contribution in [0.2, 0.25) is 5.02 Å². The van der Waals surface area contributed by atoms with Crippen molar-refractivity contribution < 1.29 is 17.9 Å². The number of amides is 1. The van der Waals surface area contributed by atoms with Crippen molar-refractivity contribution in [3.63, 3.8) is 0 Å². The first-order chi connectivity index (χ1) is 16.2. The summed E-state index contributed by atoms with van der Waals surface area (Å²) in [5.41, 5.74) is 1.61. The first kappa shape index (κ1) is 25.6. The molecule has 0 saturated heterocycles. The minimum Gasteiger partial charge on any atom is -0.494 e. The highest BCUT2D eigenvalue weighted by atomic mass is 35.5. The van der Waals surface area contributed by atoms with Gasteiger partial charge in [-0.05, 0) is 69.0 Å². The van der Waals surface area contributed by atoms with Crippen LogP contribution >= 0.6 is 11.6 Å². The second-order valence-electron chi connectivity index (χ2n) is 7.81. The molecular formula is C25H28ClN3O4S. The van der Waals surface area contributed by atoms with Crippen molar-refractivity contribution >= 4 is 33.2 Å². The average Bonchev–Trinajstić information content (AvgIpc) is 2.81. The lowest BCUT2D eigenvalue weighted by Gasteiger charge is -2.25. The Balaban J connectivity index is 1.76. The Morgan fingerprint density at radius 3 is 2.32 bits per heavy atom. The number of carbonyl (C=O) groups excluding carboxylic acids is 1. The van der Waals surface area contributed by atoms with E-state index < -0.39 is 15.9 Å². The lowest BCUT2D eigenvalue weighted by Crippen LogP contribution is -2.34. The van der Waals surface area contributed by atoms with Gasteiger partial charge in [0.2, 0.25) is 0 Å². The predicted octanol–water partition coefficient (Wildman–Crippen LogP) is 4.57. The average molecular weight is 502 g/mol. The van der Waals surface area contributed by atoms with Crippen molar-refractivity contribution in [1.29, 1.82) is 0 Å². The molecule has 0 aliphatic rings. The molecule has 0 unspecified atom stereocenters. The Morgan fingerprint density at radius 2 is 1.71 bits per heavy atom. The van der Waals surface area contributed by atoms with Gasteiger partial charge in [0.15, 0.2) is 0 Å². The molecule has 1 atom stereocenters. The number of hydrogen-bond acceptors (Lipinski definition) is 5. The zero-order valence-electron chi connectivity index (χ0n) is 19.3. The van der Waals surface area contributed by atoms with E-state index in [1.54, 1.807) is 24.3 Å². The van der Waals surface area contributed by atoms with E-state index in [0.29, 0.717) is 24.6 Å². The maximum Gasteiger partial charge on any atom is 0.263 e. The highest BCUT2D eigenvalue weighted by molar-refractivity contribution is 7.92. The summed E-state index contributed by atoms with van der Waals surface area (Å²) in [4.78, 5) is 14.7. The molecule has 7 nitrogen and oxygen atoms in total. The summed E-state index contributed by atoms with van der Waals surface area (Å²) >= 11 is 6.19. The van der Waals surface area contributed by atoms with Gasteiger partial charge in [-0.25, -0.2) is 8.42 Å². The van der Waals surface area contributed by atoms with E-state index in [2.05, 4.69) is 10.0 Å². The standard InChI is InChI=1S/C25H28ClN3O4S/c1-4-33-21-13-11-20(12-14-21)28-34(31,32)24-16-19(10-15-22(24)26)25(30)27-17-23(29(2)3)18-8-6-5-7-9-18/h5-16,23,28H,4,17H2,1-3H3,(H,27,30)/t23-/m1/s1. The molecule has 0 radical (unpaired) electrons. The number of rotatable bonds is 10. The van der Waals surface area contributed by atoms with Crippen LogP contribution in [-0.4, -0.2) is 46.5 Å². The minimum absolute atomic E-state index is 0.0189. The predicted molar refractivity (Wildman–Crippen MR) is 135 cm³/mol. The smallest absolute Gasteiger partial charge is 0.263 e. The number of hydrogen-bond donors (Lipinski definition) is 2. The molecule has 9 heteroatoms. The number of halogens is 1. The molecule has 0 heterocycles. The Bertz CT molecular complexity index is 1220. The molecule has 0 aromatic heterocycles. The van der Waals surface area contributed by atoms with E-state index >= 15 is 0 Å². The zero-order chi connectivity index (χ0) is 24.7. The summed E-state index contributed by atoms with van der Waals surface area (Å²) in [5, 5.41) is 2.91. The van der Waals surface area contributed by atoms with Gasteiger partial charge in [-0.1, -0.05) is 41.9 Å². The van der Waals surface area contributed by atoms with E-state index in [-0.39, 0.29) is 21.5 Å². The Morgan fingerprint density at radius 1 is 1.03 bits per heavy atom. The van der Waals surface area contributed by atoms with Crippen LogP contribution in [0, 0.1) is 0 Å². The number of nitrogens with zero attached hydrogens (tertiary/aromatic N) is 1. The Kier molecular flexibility index (Phi) is 8.55. The maximum absolute atomic E-state index is 13.0. The van der Waals surface area contributed by atoms with Crippen LogP contribution in [0.5, 0.6) is 5.75 Å². The molecule has 3 aromatic carbocycles. The number of sulfonamides is 1. The van der Waals surface area contributed by atoms with Gasteiger partial charge in [0.05, 0.1) is 17.7 Å². The normalized spacial score (nSPS) is 12.3. The molecule has 2 N–H and O–H groups in total. The van der Waals surface area contributed by atoms with Crippen LogP contribution in [0.3, 0.4) is 0 Å². The fraction of sp³-hybridized carbons (Fsp3) is 0.240. The number of carbonyl (C=O) groups is 1. The van der Waals surface area contributed by atoms with E-state index in [0.717, 1.165) is 5.56 Å². The van der Waals surface area contributed by atoms with E-state index in [4.69, 9.17) is 16.3 Å². The second kappa shape index (κ2) is 11.4. The van der Waals surface area contributed by atoms with Crippen molar-refractivity contribution in [2.24, 2.45) is 0 Å². The molecule has 0 saturated carbocycles. The van der Waals surface area contributed by atoms with Gasteiger partial charge >= 0.3 is 0 Å². The van der Waals surface area contributed by atoms with E-state index in [9.17, 15) is 13.2 Å². The summed E-state index contributed by atoms with van der Waals surface area (Å²) in [6, 6.07) is 20.5. The Labute approximate surface area is 205 Å². The van der Waals surface area contributed by atoms with Gasteiger partial charge in [0.25, 0.3) is 15.9 Å². The van der Waals surface area contributed by atoms with Gasteiger partial charge in [-0.2, -0.15) is 0 Å². The fourth-order valence-corrected chi connectivity index (χ4v) is 5.00. The molecule has 0 aliphatic carbocycles. The van der Waals surface area contributed by atoms with Crippen LogP contribution < -0.4 is 14.8 Å². The minimum atomic E-state index is -4.02. The second-order valence-corrected chi connectivity index (χ2v) is 9.87. The van der Waals surface area contributed by atoms with Crippen molar-refractivity contribution in [3.8, 4) is 5.75 Å². The van der Waals surface area contributed by atoms with Crippen molar-refractivity contribution in [3.05, 3.63) is 88.9 Å². The molecular weight excluding hydrogens is 474 g/mol. The number of nitrogens with one attached hydrogen (secondary N) is 2. The van der Waals surface area contributed by atoms with Gasteiger partial charge in [-0.3, -0.25) is 9.52 Å². The topological polar surface area (TPSA) is 87.7 Å². The first-order valence-corrected chi connectivity index (χ1v) is 12.6. The van der Waals surface area contributed by atoms with Gasteiger partial charge in [-0.15, -0.1) is 0 Å². The van der Waals surface area contributed by atoms with Crippen LogP contribution in [0.1, 0.15) is 28.9 Å². The zero-order valence-corrected chi connectivity index (χ0v) is 20.9. The SMILES string of the molecule is CCOc1ccc(NS(=O)(=O)c2cc(C(=O)NC[C@H](c3ccccc3)N(C)C)ccc2Cl)cc1. The third-order valence-corrected chi connectivity index (χ3v) is 7.03. The van der Waals surface area contributed by atoms with Crippen LogP contribution in [0.15, 0.2) is 77.7 Å². The van der Waals surface area contributed by atoms with Crippen LogP contribution in [-0.2, 0) is 10.0 Å². The van der Waals surface area contributed by atoms with Gasteiger partial charge < -0.3 is 15.0 Å². The fourth-order valence-electron chi connectivity index (χ4n) is 3.41. The third-order valence-electron chi connectivity index (χ3n) is 5.16. The lowest BCUT2D eigenvalue weighted by molar-refractivity contribution is 0.0941. The summed E-state index contributed by atoms with van der Waals surface area (Å²) in [6.07, 6.45) is 0. The third kappa shape index (κ3) is 6.50. The number of anilines is 1. The number of likely N-dealkylation sites (N-methyl/N-ethyl adjacent to an activating group) is 1. The highest BCUT2D eigenvalue weighted by Crippen LogP contribution is 2.26. The largest absolute Gasteiger partial charge is 0.494 e. The summed E-state index contributed by atoms with van der Waals surface area (Å²) in [7, 11) is -0.156. The van der Waals surface area contributed by atoms with Gasteiger partial charge in [0, 0.05) is 17.8 Å². The van der Waals surface area contributed by atoms with Crippen molar-refractivity contribution in [2.45, 2.75) is 17.9 Å². The van der Waals surface area contributed by atoms with Gasteiger partial charge in [0.1, 0.15) is 10.6 Å². The highest BCUT2D eigenvalue weighted by Gasteiger charge is 2.21. The molecule has 0 fully saturated rings. The monoisotopic (exact) mass is 501 g/mol. The molecule has 180 valence electrons. The number of benzene rings is 3. The molecule has 0 bridgehead atoms. The maximum atomic E-state index is 13.0. The first-order valence-electron chi connectivity index (χ1n) is 10.8. The number of ether oxygens (including phenoxy) is 1. The lowest BCUT2D eigenvalue weighted by atomic mass is 10.1. The summed E-state index contributed by atoms with van der Waals surface area (Å²) < 4.78 is 33.8. The molecule has 3 aromatic rings. The summed E-state index contributed by atoms with van der Waals surface area (Å²) in [5.74, 6) is 0.241. The van der Waals surface area contributed by atoms with E-state index in [1.165, 1.54) is 18.2 Å². The van der Waals surface area contributed by atoms with Crippen LogP contribution in [0.4, 0.5) is 5.69 Å². The van der Waals surface area contributed by atoms with Crippen molar-refractivity contribution in [1.82, 2.24) is 10.2 Å². The molecule has 3 rings (SSSR count).